The molecular formula is C23H30N2O. The summed E-state index contributed by atoms with van der Waals surface area (Å²) in [7, 11) is 0. The molecule has 3 rings (SSSR count). The van der Waals surface area contributed by atoms with Crippen molar-refractivity contribution in [3.05, 3.63) is 77.9 Å². The van der Waals surface area contributed by atoms with E-state index in [4.69, 9.17) is 0 Å². The molecule has 1 saturated heterocycles. The van der Waals surface area contributed by atoms with Crippen LogP contribution < -0.4 is 0 Å². The Bertz CT molecular complexity index is 740. The summed E-state index contributed by atoms with van der Waals surface area (Å²) >= 11 is 0. The first kappa shape index (κ1) is 18.7. The predicted octanol–water partition coefficient (Wildman–Crippen LogP) is 4.37. The quantitative estimate of drug-likeness (QED) is 0.811. The number of piperazine rings is 1. The third-order valence-corrected chi connectivity index (χ3v) is 5.44. The Kier molecular flexibility index (Phi) is 5.80. The van der Waals surface area contributed by atoms with Crippen LogP contribution in [0.15, 0.2) is 61.2 Å². The van der Waals surface area contributed by atoms with Gasteiger partial charge in [-0.3, -0.25) is 9.80 Å². The van der Waals surface area contributed by atoms with Gasteiger partial charge in [0.25, 0.3) is 0 Å². The molecule has 1 fully saturated rings. The minimum absolute atomic E-state index is 0.144. The molecule has 3 atom stereocenters. The van der Waals surface area contributed by atoms with Crippen LogP contribution >= 0.6 is 0 Å². The fraction of sp³-hybridized carbons (Fsp3) is 0.391. The lowest BCUT2D eigenvalue weighted by Gasteiger charge is -2.47. The smallest absolute Gasteiger partial charge is 0.115 e. The molecule has 3 nitrogen and oxygen atoms in total. The Morgan fingerprint density at radius 2 is 1.81 bits per heavy atom. The standard InChI is InChI=1S/C23H30N2O/c1-5-13-24-15-19(4)25(16-18(24)3)23(20-11-9-17(2)10-12-20)21-7-6-8-22(26)14-21/h5-12,14,18-19,23,26H,1,13,15-16H2,2-4H3. The monoisotopic (exact) mass is 350 g/mol. The van der Waals surface area contributed by atoms with Gasteiger partial charge in [-0.05, 0) is 44.0 Å². The SMILES string of the molecule is C=CCN1CC(C)N(C(c2ccc(C)cc2)c2cccc(O)c2)CC1C. The molecule has 1 aliphatic heterocycles. The van der Waals surface area contributed by atoms with E-state index in [0.717, 1.165) is 25.2 Å². The van der Waals surface area contributed by atoms with E-state index in [1.54, 1.807) is 6.07 Å². The van der Waals surface area contributed by atoms with Gasteiger partial charge < -0.3 is 5.11 Å². The van der Waals surface area contributed by atoms with Crippen LogP contribution in [0.5, 0.6) is 5.75 Å². The van der Waals surface area contributed by atoms with Gasteiger partial charge in [-0.2, -0.15) is 0 Å². The summed E-state index contributed by atoms with van der Waals surface area (Å²) in [5, 5.41) is 10.0. The molecule has 1 heterocycles. The molecule has 0 aliphatic carbocycles. The third kappa shape index (κ3) is 4.00. The second kappa shape index (κ2) is 8.07. The van der Waals surface area contributed by atoms with E-state index in [2.05, 4.69) is 67.5 Å². The van der Waals surface area contributed by atoms with Crippen LogP contribution in [-0.2, 0) is 0 Å². The first-order valence-corrected chi connectivity index (χ1v) is 9.45. The molecule has 3 unspecified atom stereocenters. The van der Waals surface area contributed by atoms with Crippen LogP contribution in [0.4, 0.5) is 0 Å². The summed E-state index contributed by atoms with van der Waals surface area (Å²) in [5.74, 6) is 0.325. The summed E-state index contributed by atoms with van der Waals surface area (Å²) in [6.07, 6.45) is 1.99. The lowest BCUT2D eigenvalue weighted by atomic mass is 9.93. The van der Waals surface area contributed by atoms with Crippen molar-refractivity contribution in [1.29, 1.82) is 0 Å². The van der Waals surface area contributed by atoms with Gasteiger partial charge in [0, 0.05) is 31.7 Å². The van der Waals surface area contributed by atoms with Gasteiger partial charge >= 0.3 is 0 Å². The first-order chi connectivity index (χ1) is 12.5. The van der Waals surface area contributed by atoms with Crippen molar-refractivity contribution in [2.45, 2.75) is 38.9 Å². The zero-order valence-corrected chi connectivity index (χ0v) is 16.1. The van der Waals surface area contributed by atoms with E-state index < -0.39 is 0 Å². The number of hydrogen-bond donors (Lipinski definition) is 1. The topological polar surface area (TPSA) is 26.7 Å². The number of aromatic hydroxyl groups is 1. The molecule has 1 N–H and O–H groups in total. The number of nitrogens with zero attached hydrogens (tertiary/aromatic N) is 2. The van der Waals surface area contributed by atoms with E-state index in [0.29, 0.717) is 17.8 Å². The molecule has 26 heavy (non-hydrogen) atoms. The average molecular weight is 351 g/mol. The van der Waals surface area contributed by atoms with E-state index >= 15 is 0 Å². The van der Waals surface area contributed by atoms with Gasteiger partial charge in [0.2, 0.25) is 0 Å². The summed E-state index contributed by atoms with van der Waals surface area (Å²) in [6.45, 7) is 13.5. The average Bonchev–Trinajstić information content (AvgIpc) is 2.61. The highest BCUT2D eigenvalue weighted by Gasteiger charge is 2.34. The number of aryl methyl sites for hydroxylation is 1. The third-order valence-electron chi connectivity index (χ3n) is 5.44. The van der Waals surface area contributed by atoms with Gasteiger partial charge in [0.15, 0.2) is 0 Å². The predicted molar refractivity (Wildman–Crippen MR) is 109 cm³/mol. The lowest BCUT2D eigenvalue weighted by Crippen LogP contribution is -2.57. The second-order valence-electron chi connectivity index (χ2n) is 7.55. The van der Waals surface area contributed by atoms with Crippen LogP contribution in [-0.4, -0.2) is 46.6 Å². The Labute approximate surface area is 157 Å². The van der Waals surface area contributed by atoms with Crippen LogP contribution in [0.25, 0.3) is 0 Å². The summed E-state index contributed by atoms with van der Waals surface area (Å²) in [5.41, 5.74) is 3.68. The number of benzene rings is 2. The summed E-state index contributed by atoms with van der Waals surface area (Å²) < 4.78 is 0. The van der Waals surface area contributed by atoms with Crippen LogP contribution in [0.1, 0.15) is 36.6 Å². The highest BCUT2D eigenvalue weighted by Crippen LogP contribution is 2.34. The maximum Gasteiger partial charge on any atom is 0.115 e. The number of rotatable bonds is 5. The molecule has 0 radical (unpaired) electrons. The van der Waals surface area contributed by atoms with Crippen molar-refractivity contribution in [2.24, 2.45) is 0 Å². The molecule has 0 saturated carbocycles. The Balaban J connectivity index is 1.98. The fourth-order valence-corrected chi connectivity index (χ4v) is 4.02. The van der Waals surface area contributed by atoms with E-state index in [1.165, 1.54) is 11.1 Å². The molecule has 0 bridgehead atoms. The van der Waals surface area contributed by atoms with Crippen molar-refractivity contribution in [3.8, 4) is 5.75 Å². The molecule has 0 spiro atoms. The van der Waals surface area contributed by atoms with Gasteiger partial charge in [-0.1, -0.05) is 48.0 Å². The maximum atomic E-state index is 10.0. The molecule has 0 amide bonds. The molecule has 2 aromatic carbocycles. The van der Waals surface area contributed by atoms with Crippen LogP contribution in [0.2, 0.25) is 0 Å². The van der Waals surface area contributed by atoms with Gasteiger partial charge in [0.1, 0.15) is 5.75 Å². The Morgan fingerprint density at radius 3 is 2.46 bits per heavy atom. The fourth-order valence-electron chi connectivity index (χ4n) is 4.02. The molecule has 3 heteroatoms. The van der Waals surface area contributed by atoms with Crippen molar-refractivity contribution < 1.29 is 5.11 Å². The minimum atomic E-state index is 0.144. The van der Waals surface area contributed by atoms with E-state index in [1.807, 2.05) is 18.2 Å². The Morgan fingerprint density at radius 1 is 1.08 bits per heavy atom. The van der Waals surface area contributed by atoms with Crippen LogP contribution in [0, 0.1) is 6.92 Å². The summed E-state index contributed by atoms with van der Waals surface area (Å²) in [4.78, 5) is 5.06. The number of hydrogen-bond acceptors (Lipinski definition) is 3. The zero-order valence-electron chi connectivity index (χ0n) is 16.1. The molecular weight excluding hydrogens is 320 g/mol. The van der Waals surface area contributed by atoms with Gasteiger partial charge in [0.05, 0.1) is 6.04 Å². The lowest BCUT2D eigenvalue weighted by molar-refractivity contribution is 0.0306. The van der Waals surface area contributed by atoms with E-state index in [9.17, 15) is 5.11 Å². The molecule has 2 aromatic rings. The zero-order chi connectivity index (χ0) is 18.7. The number of phenols is 1. The highest BCUT2D eigenvalue weighted by atomic mass is 16.3. The van der Waals surface area contributed by atoms with Gasteiger partial charge in [-0.25, -0.2) is 0 Å². The Hall–Kier alpha value is -2.10. The highest BCUT2D eigenvalue weighted by molar-refractivity contribution is 5.37. The molecule has 1 aliphatic rings. The van der Waals surface area contributed by atoms with Crippen molar-refractivity contribution in [3.63, 3.8) is 0 Å². The first-order valence-electron chi connectivity index (χ1n) is 9.45. The summed E-state index contributed by atoms with van der Waals surface area (Å²) in [6, 6.07) is 17.5. The van der Waals surface area contributed by atoms with Crippen LogP contribution in [0.3, 0.4) is 0 Å². The van der Waals surface area contributed by atoms with Crippen molar-refractivity contribution >= 4 is 0 Å². The van der Waals surface area contributed by atoms with Gasteiger partial charge in [-0.15, -0.1) is 6.58 Å². The van der Waals surface area contributed by atoms with E-state index in [-0.39, 0.29) is 6.04 Å². The van der Waals surface area contributed by atoms with Crippen molar-refractivity contribution in [2.75, 3.05) is 19.6 Å². The van der Waals surface area contributed by atoms with Crippen molar-refractivity contribution in [1.82, 2.24) is 9.80 Å². The normalized spacial score (nSPS) is 22.9. The second-order valence-corrected chi connectivity index (χ2v) is 7.55. The minimum Gasteiger partial charge on any atom is -0.508 e. The molecule has 0 aromatic heterocycles. The molecule has 138 valence electrons. The largest absolute Gasteiger partial charge is 0.508 e. The maximum absolute atomic E-state index is 10.0. The number of phenolic OH excluding ortho intramolecular Hbond substituents is 1.